The van der Waals surface area contributed by atoms with E-state index in [0.717, 1.165) is 20.3 Å². The molecule has 9 nitrogen and oxygen atoms in total. The lowest BCUT2D eigenvalue weighted by Crippen LogP contribution is -2.38. The molecule has 3 aromatic rings. The first-order chi connectivity index (χ1) is 16.7. The fourth-order valence-corrected chi connectivity index (χ4v) is 4.63. The number of hydrogen-bond acceptors (Lipinski definition) is 7. The molecule has 0 heterocycles. The van der Waals surface area contributed by atoms with Gasteiger partial charge < -0.3 is 14.8 Å². The van der Waals surface area contributed by atoms with Gasteiger partial charge in [-0.15, -0.1) is 0 Å². The molecule has 0 atom stereocenters. The van der Waals surface area contributed by atoms with Crippen LogP contribution in [0.2, 0.25) is 0 Å². The zero-order valence-corrected chi connectivity index (χ0v) is 19.5. The molecule has 0 aromatic heterocycles. The average molecular weight is 501 g/mol. The fourth-order valence-electron chi connectivity index (χ4n) is 3.18. The number of ether oxygens (including phenoxy) is 2. The number of methoxy groups -OCH3 is 2. The van der Waals surface area contributed by atoms with Crippen LogP contribution in [0, 0.1) is 5.82 Å². The molecule has 0 aliphatic carbocycles. The number of anilines is 2. The van der Waals surface area contributed by atoms with Crippen molar-refractivity contribution in [3.63, 3.8) is 0 Å². The van der Waals surface area contributed by atoms with Crippen molar-refractivity contribution in [1.29, 1.82) is 0 Å². The first-order valence-corrected chi connectivity index (χ1v) is 11.5. The summed E-state index contributed by atoms with van der Waals surface area (Å²) in [6.07, 6.45) is 0. The van der Waals surface area contributed by atoms with Gasteiger partial charge in [0.15, 0.2) is 0 Å². The average Bonchev–Trinajstić information content (AvgIpc) is 2.87. The Morgan fingerprint density at radius 3 is 1.94 bits per heavy atom. The lowest BCUT2D eigenvalue weighted by atomic mass is 10.1. The number of hydrogen-bond donors (Lipinski definition) is 1. The van der Waals surface area contributed by atoms with E-state index < -0.39 is 40.2 Å². The molecule has 0 aliphatic heterocycles. The van der Waals surface area contributed by atoms with Gasteiger partial charge in [-0.05, 0) is 42.5 Å². The van der Waals surface area contributed by atoms with E-state index in [0.29, 0.717) is 4.31 Å². The van der Waals surface area contributed by atoms with E-state index in [9.17, 15) is 27.2 Å². The summed E-state index contributed by atoms with van der Waals surface area (Å²) in [5, 5.41) is 2.44. The van der Waals surface area contributed by atoms with Crippen LogP contribution in [0.1, 0.15) is 20.7 Å². The first kappa shape index (κ1) is 25.4. The third-order valence-corrected chi connectivity index (χ3v) is 6.57. The number of carbonyl (C=O) groups is 3. The van der Waals surface area contributed by atoms with Gasteiger partial charge in [-0.2, -0.15) is 0 Å². The van der Waals surface area contributed by atoms with Crippen LogP contribution >= 0.6 is 0 Å². The quantitative estimate of drug-likeness (QED) is 0.472. The van der Waals surface area contributed by atoms with Crippen LogP contribution in [0.3, 0.4) is 0 Å². The maximum atomic E-state index is 14.6. The normalized spacial score (nSPS) is 10.8. The van der Waals surface area contributed by atoms with Gasteiger partial charge in [-0.3, -0.25) is 9.10 Å². The van der Waals surface area contributed by atoms with Crippen LogP contribution in [0.5, 0.6) is 0 Å². The van der Waals surface area contributed by atoms with Gasteiger partial charge in [0.1, 0.15) is 12.4 Å². The number of sulfonamides is 1. The van der Waals surface area contributed by atoms with Gasteiger partial charge in [0.2, 0.25) is 5.91 Å². The van der Waals surface area contributed by atoms with Crippen molar-refractivity contribution in [3.05, 3.63) is 89.7 Å². The second kappa shape index (κ2) is 10.8. The molecule has 0 aliphatic rings. The minimum absolute atomic E-state index is 0.00360. The molecule has 1 N–H and O–H groups in total. The zero-order chi connectivity index (χ0) is 25.6. The van der Waals surface area contributed by atoms with Gasteiger partial charge in [0.05, 0.1) is 35.9 Å². The molecular weight excluding hydrogens is 479 g/mol. The maximum absolute atomic E-state index is 14.6. The second-order valence-electron chi connectivity index (χ2n) is 7.11. The molecule has 1 amide bonds. The number of esters is 2. The third kappa shape index (κ3) is 5.82. The Morgan fingerprint density at radius 2 is 1.40 bits per heavy atom. The number of rotatable bonds is 8. The molecule has 0 spiro atoms. The highest BCUT2D eigenvalue weighted by molar-refractivity contribution is 7.92. The molecule has 0 bridgehead atoms. The van der Waals surface area contributed by atoms with E-state index >= 15 is 0 Å². The topological polar surface area (TPSA) is 119 Å². The standard InChI is InChI=1S/C24H21FN2O7S/c1-33-23(29)16-12-17(24(30)34-2)14-18(13-16)26-22(28)15-27(21-11-7-6-10-20(21)25)35(31,32)19-8-4-3-5-9-19/h3-14H,15H2,1-2H3,(H,26,28). The maximum Gasteiger partial charge on any atom is 0.337 e. The van der Waals surface area contributed by atoms with Crippen molar-refractivity contribution in [2.24, 2.45) is 0 Å². The molecule has 0 saturated carbocycles. The summed E-state index contributed by atoms with van der Waals surface area (Å²) < 4.78 is 51.1. The predicted octanol–water partition coefficient (Wildman–Crippen LogP) is 3.23. The number of amides is 1. The van der Waals surface area contributed by atoms with Gasteiger partial charge in [0.25, 0.3) is 10.0 Å². The lowest BCUT2D eigenvalue weighted by Gasteiger charge is -2.24. The van der Waals surface area contributed by atoms with Crippen LogP contribution in [0.25, 0.3) is 0 Å². The largest absolute Gasteiger partial charge is 0.465 e. The van der Waals surface area contributed by atoms with Crippen LogP contribution in [0.4, 0.5) is 15.8 Å². The van der Waals surface area contributed by atoms with Crippen LogP contribution in [-0.2, 0) is 24.3 Å². The highest BCUT2D eigenvalue weighted by Crippen LogP contribution is 2.26. The van der Waals surface area contributed by atoms with Crippen molar-refractivity contribution in [2.75, 3.05) is 30.4 Å². The molecule has 0 saturated heterocycles. The summed E-state index contributed by atoms with van der Waals surface area (Å²) in [4.78, 5) is 36.7. The monoisotopic (exact) mass is 500 g/mol. The van der Waals surface area contributed by atoms with Crippen LogP contribution < -0.4 is 9.62 Å². The SMILES string of the molecule is COC(=O)c1cc(NC(=O)CN(c2ccccc2F)S(=O)(=O)c2ccccc2)cc(C(=O)OC)c1. The number of halogens is 1. The summed E-state index contributed by atoms with van der Waals surface area (Å²) in [5.41, 5.74) is -0.420. The van der Waals surface area contributed by atoms with Crippen LogP contribution in [-0.4, -0.2) is 47.0 Å². The Balaban J connectivity index is 1.98. The number of para-hydroxylation sites is 1. The molecule has 35 heavy (non-hydrogen) atoms. The lowest BCUT2D eigenvalue weighted by molar-refractivity contribution is -0.114. The van der Waals surface area contributed by atoms with E-state index in [4.69, 9.17) is 0 Å². The van der Waals surface area contributed by atoms with Crippen molar-refractivity contribution in [2.45, 2.75) is 4.90 Å². The third-order valence-electron chi connectivity index (χ3n) is 4.80. The molecular formula is C24H21FN2O7S. The molecule has 0 unspecified atom stereocenters. The molecule has 0 fully saturated rings. The minimum atomic E-state index is -4.33. The van der Waals surface area contributed by atoms with Gasteiger partial charge >= 0.3 is 11.9 Å². The van der Waals surface area contributed by atoms with Crippen molar-refractivity contribution >= 4 is 39.2 Å². The van der Waals surface area contributed by atoms with Gasteiger partial charge in [-0.25, -0.2) is 22.4 Å². The fraction of sp³-hybridized carbons (Fsp3) is 0.125. The Labute approximate surface area is 201 Å². The van der Waals surface area contributed by atoms with Crippen molar-refractivity contribution < 1.29 is 36.7 Å². The number of benzene rings is 3. The Bertz CT molecular complexity index is 1330. The molecule has 11 heteroatoms. The van der Waals surface area contributed by atoms with Crippen LogP contribution in [0.15, 0.2) is 77.7 Å². The zero-order valence-electron chi connectivity index (χ0n) is 18.7. The second-order valence-corrected chi connectivity index (χ2v) is 8.97. The smallest absolute Gasteiger partial charge is 0.337 e. The summed E-state index contributed by atoms with van der Waals surface area (Å²) in [7, 11) is -2.04. The van der Waals surface area contributed by atoms with E-state index in [1.165, 1.54) is 60.7 Å². The summed E-state index contributed by atoms with van der Waals surface area (Å²) >= 11 is 0. The molecule has 3 rings (SSSR count). The summed E-state index contributed by atoms with van der Waals surface area (Å²) in [6.45, 7) is -0.797. The summed E-state index contributed by atoms with van der Waals surface area (Å²) in [5.74, 6) is -3.25. The first-order valence-electron chi connectivity index (χ1n) is 10.1. The number of nitrogens with one attached hydrogen (secondary N) is 1. The Hall–Kier alpha value is -4.25. The van der Waals surface area contributed by atoms with E-state index in [1.807, 2.05) is 0 Å². The molecule has 182 valence electrons. The number of carbonyl (C=O) groups excluding carboxylic acids is 3. The van der Waals surface area contributed by atoms with E-state index in [2.05, 4.69) is 14.8 Å². The Kier molecular flexibility index (Phi) is 7.82. The minimum Gasteiger partial charge on any atom is -0.465 e. The summed E-state index contributed by atoms with van der Waals surface area (Å²) in [6, 6.07) is 16.1. The molecule has 3 aromatic carbocycles. The predicted molar refractivity (Wildman–Crippen MR) is 125 cm³/mol. The molecule has 0 radical (unpaired) electrons. The van der Waals surface area contributed by atoms with Crippen molar-refractivity contribution in [3.8, 4) is 0 Å². The number of nitrogens with zero attached hydrogens (tertiary/aromatic N) is 1. The van der Waals surface area contributed by atoms with E-state index in [-0.39, 0.29) is 27.4 Å². The van der Waals surface area contributed by atoms with Crippen molar-refractivity contribution in [1.82, 2.24) is 0 Å². The Morgan fingerprint density at radius 1 is 0.857 bits per heavy atom. The highest BCUT2D eigenvalue weighted by atomic mass is 32.2. The van der Waals surface area contributed by atoms with Gasteiger partial charge in [0, 0.05) is 5.69 Å². The highest BCUT2D eigenvalue weighted by Gasteiger charge is 2.29. The van der Waals surface area contributed by atoms with E-state index in [1.54, 1.807) is 6.07 Å². The van der Waals surface area contributed by atoms with Gasteiger partial charge in [-0.1, -0.05) is 30.3 Å².